The number of ether oxygens (including phenoxy) is 1. The smallest absolute Gasteiger partial charge is 0.160 e. The molecule has 11 rings (SSSR count). The maximum Gasteiger partial charge on any atom is 0.160 e. The number of nitrogens with zero attached hydrogens (tertiary/aromatic N) is 2. The second-order valence-corrected chi connectivity index (χ2v) is 14.1. The maximum absolute atomic E-state index is 6.95. The predicted octanol–water partition coefficient (Wildman–Crippen LogP) is 12.8. The van der Waals surface area contributed by atoms with Gasteiger partial charge >= 0.3 is 0 Å². The molecule has 0 N–H and O–H groups in total. The molecule has 54 heavy (non-hydrogen) atoms. The van der Waals surface area contributed by atoms with Crippen LogP contribution >= 0.6 is 0 Å². The Morgan fingerprint density at radius 3 is 1.50 bits per heavy atom. The molecular weight excluding hydrogens is 657 g/mol. The largest absolute Gasteiger partial charge is 0.457 e. The van der Waals surface area contributed by atoms with Gasteiger partial charge in [-0.15, -0.1) is 0 Å². The van der Waals surface area contributed by atoms with Crippen molar-refractivity contribution in [3.05, 3.63) is 216 Å². The third-order valence-electron chi connectivity index (χ3n) is 11.2. The second kappa shape index (κ2) is 12.0. The molecule has 8 aromatic carbocycles. The molecule has 0 saturated heterocycles. The summed E-state index contributed by atoms with van der Waals surface area (Å²) in [5.41, 5.74) is 14.0. The van der Waals surface area contributed by atoms with E-state index >= 15 is 0 Å². The monoisotopic (exact) mass is 688 g/mol. The Morgan fingerprint density at radius 1 is 0.333 bits per heavy atom. The van der Waals surface area contributed by atoms with Crippen molar-refractivity contribution in [2.24, 2.45) is 0 Å². The van der Waals surface area contributed by atoms with Crippen LogP contribution in [0.15, 0.2) is 194 Å². The van der Waals surface area contributed by atoms with Crippen LogP contribution in [0.5, 0.6) is 11.5 Å². The minimum atomic E-state index is -0.511. The highest BCUT2D eigenvalue weighted by Crippen LogP contribution is 2.62. The van der Waals surface area contributed by atoms with E-state index in [1.165, 1.54) is 33.2 Å². The van der Waals surface area contributed by atoms with E-state index in [4.69, 9.17) is 14.7 Å². The van der Waals surface area contributed by atoms with Crippen molar-refractivity contribution in [1.29, 1.82) is 0 Å². The number of fused-ring (bicyclic) bond motifs is 10. The highest BCUT2D eigenvalue weighted by molar-refractivity contribution is 5.93. The van der Waals surface area contributed by atoms with Gasteiger partial charge in [-0.2, -0.15) is 0 Å². The van der Waals surface area contributed by atoms with Crippen LogP contribution in [0.25, 0.3) is 66.9 Å². The summed E-state index contributed by atoms with van der Waals surface area (Å²) in [5.74, 6) is 2.48. The zero-order valence-electron chi connectivity index (χ0n) is 29.3. The lowest BCUT2D eigenvalue weighted by molar-refractivity contribution is 0.437. The number of hydrogen-bond acceptors (Lipinski definition) is 3. The summed E-state index contributed by atoms with van der Waals surface area (Å²) >= 11 is 0. The first-order chi connectivity index (χ1) is 26.7. The fourth-order valence-corrected chi connectivity index (χ4v) is 8.67. The van der Waals surface area contributed by atoms with Gasteiger partial charge in [-0.3, -0.25) is 0 Å². The first-order valence-corrected chi connectivity index (χ1v) is 18.4. The second-order valence-electron chi connectivity index (χ2n) is 14.1. The highest BCUT2D eigenvalue weighted by atomic mass is 16.5. The summed E-state index contributed by atoms with van der Waals surface area (Å²) in [6, 6.07) is 68.9. The Hall–Kier alpha value is -7.10. The first-order valence-electron chi connectivity index (χ1n) is 18.4. The molecule has 0 amide bonds. The minimum Gasteiger partial charge on any atom is -0.457 e. The predicted molar refractivity (Wildman–Crippen MR) is 219 cm³/mol. The molecule has 0 atom stereocenters. The van der Waals surface area contributed by atoms with Gasteiger partial charge in [0.25, 0.3) is 0 Å². The molecule has 0 unspecified atom stereocenters. The molecule has 0 radical (unpaired) electrons. The van der Waals surface area contributed by atoms with Crippen LogP contribution in [0.4, 0.5) is 0 Å². The lowest BCUT2D eigenvalue weighted by atomic mass is 9.65. The SMILES string of the molecule is c1ccc(-c2cc(-c3ccc(-c4ccc5c(c4)Oc4cc6ccccc6cc4C54c5ccccc5-c5ccccc54)cc3)nc(-c3ccccc3)n2)cc1. The highest BCUT2D eigenvalue weighted by Gasteiger charge is 2.51. The fourth-order valence-electron chi connectivity index (χ4n) is 8.67. The van der Waals surface area contributed by atoms with Gasteiger partial charge in [0.1, 0.15) is 11.5 Å². The molecule has 252 valence electrons. The van der Waals surface area contributed by atoms with E-state index in [9.17, 15) is 0 Å². The van der Waals surface area contributed by atoms with Gasteiger partial charge in [-0.1, -0.05) is 170 Å². The Kier molecular flexibility index (Phi) is 6.77. The normalized spacial score (nSPS) is 13.1. The van der Waals surface area contributed by atoms with Crippen molar-refractivity contribution in [2.45, 2.75) is 5.41 Å². The van der Waals surface area contributed by atoms with Gasteiger partial charge in [0.15, 0.2) is 5.82 Å². The zero-order valence-corrected chi connectivity index (χ0v) is 29.3. The minimum absolute atomic E-state index is 0.511. The van der Waals surface area contributed by atoms with Gasteiger partial charge in [-0.25, -0.2) is 9.97 Å². The number of benzene rings is 8. The fraction of sp³-hybridized carbons (Fsp3) is 0.0196. The van der Waals surface area contributed by atoms with Crippen molar-refractivity contribution in [3.63, 3.8) is 0 Å². The Labute approximate surface area is 313 Å². The van der Waals surface area contributed by atoms with Crippen molar-refractivity contribution >= 4 is 10.8 Å². The number of aromatic nitrogens is 2. The molecule has 0 bridgehead atoms. The molecule has 3 heteroatoms. The molecule has 0 saturated carbocycles. The van der Waals surface area contributed by atoms with E-state index in [1.54, 1.807) is 0 Å². The van der Waals surface area contributed by atoms with E-state index in [2.05, 4.69) is 158 Å². The first kappa shape index (κ1) is 30.5. The summed E-state index contributed by atoms with van der Waals surface area (Å²) in [6.45, 7) is 0. The molecule has 1 aromatic heterocycles. The van der Waals surface area contributed by atoms with E-state index in [0.717, 1.165) is 61.7 Å². The third kappa shape index (κ3) is 4.62. The van der Waals surface area contributed by atoms with Gasteiger partial charge in [0, 0.05) is 27.8 Å². The van der Waals surface area contributed by atoms with Crippen molar-refractivity contribution in [1.82, 2.24) is 9.97 Å². The van der Waals surface area contributed by atoms with Crippen LogP contribution in [0.1, 0.15) is 22.3 Å². The Balaban J connectivity index is 1.04. The van der Waals surface area contributed by atoms with Gasteiger partial charge in [0.05, 0.1) is 16.8 Å². The lowest BCUT2D eigenvalue weighted by Gasteiger charge is -2.39. The Morgan fingerprint density at radius 2 is 0.833 bits per heavy atom. The van der Waals surface area contributed by atoms with E-state index in [1.807, 2.05) is 36.4 Å². The van der Waals surface area contributed by atoms with Crippen molar-refractivity contribution < 1.29 is 4.74 Å². The molecule has 2 aliphatic rings. The summed E-state index contributed by atoms with van der Waals surface area (Å²) < 4.78 is 6.95. The number of rotatable bonds is 4. The standard InChI is InChI=1S/C51H32N2O/c1-3-13-34(14-4-1)46-32-47(53-50(52-46)36-15-5-2-6-16-36)35-25-23-33(24-26-35)39-27-28-44-48(31-39)54-49-30-38-18-8-7-17-37(38)29-45(49)51(44)42-21-11-9-19-40(42)41-20-10-12-22-43(41)51/h1-32H. The summed E-state index contributed by atoms with van der Waals surface area (Å²) in [6.07, 6.45) is 0. The van der Waals surface area contributed by atoms with Crippen LogP contribution in [0.2, 0.25) is 0 Å². The van der Waals surface area contributed by atoms with Gasteiger partial charge in [0.2, 0.25) is 0 Å². The summed E-state index contributed by atoms with van der Waals surface area (Å²) in [7, 11) is 0. The van der Waals surface area contributed by atoms with Crippen molar-refractivity contribution in [2.75, 3.05) is 0 Å². The molecule has 0 fully saturated rings. The Bertz CT molecular complexity index is 2790. The van der Waals surface area contributed by atoms with E-state index in [-0.39, 0.29) is 0 Å². The molecule has 3 nitrogen and oxygen atoms in total. The van der Waals surface area contributed by atoms with Crippen LogP contribution in [-0.2, 0) is 5.41 Å². The summed E-state index contributed by atoms with van der Waals surface area (Å²) in [5, 5.41) is 2.37. The molecule has 9 aromatic rings. The molecule has 1 spiro atoms. The molecule has 1 aliphatic heterocycles. The zero-order chi connectivity index (χ0) is 35.6. The summed E-state index contributed by atoms with van der Waals surface area (Å²) in [4.78, 5) is 10.0. The van der Waals surface area contributed by atoms with Gasteiger partial charge < -0.3 is 4.74 Å². The third-order valence-corrected chi connectivity index (χ3v) is 11.2. The molecular formula is C51H32N2O. The molecule has 1 aliphatic carbocycles. The average Bonchev–Trinajstić information content (AvgIpc) is 3.54. The van der Waals surface area contributed by atoms with Crippen LogP contribution in [-0.4, -0.2) is 9.97 Å². The number of hydrogen-bond donors (Lipinski definition) is 0. The maximum atomic E-state index is 6.95. The van der Waals surface area contributed by atoms with Crippen LogP contribution < -0.4 is 4.74 Å². The van der Waals surface area contributed by atoms with Crippen molar-refractivity contribution in [3.8, 4) is 67.7 Å². The van der Waals surface area contributed by atoms with Crippen LogP contribution in [0, 0.1) is 0 Å². The quantitative estimate of drug-likeness (QED) is 0.185. The van der Waals surface area contributed by atoms with E-state index < -0.39 is 5.41 Å². The topological polar surface area (TPSA) is 35.0 Å². The lowest BCUT2D eigenvalue weighted by Crippen LogP contribution is -2.32. The average molecular weight is 689 g/mol. The van der Waals surface area contributed by atoms with Gasteiger partial charge in [-0.05, 0) is 68.4 Å². The van der Waals surface area contributed by atoms with Crippen LogP contribution in [0.3, 0.4) is 0 Å². The van der Waals surface area contributed by atoms with E-state index in [0.29, 0.717) is 5.82 Å². The molecule has 2 heterocycles.